The molecule has 1 aliphatic rings. The zero-order chi connectivity index (χ0) is 13.1. The lowest BCUT2D eigenvalue weighted by Crippen LogP contribution is -1.97. The van der Waals surface area contributed by atoms with Gasteiger partial charge in [0.25, 0.3) is 0 Å². The van der Waals surface area contributed by atoms with Gasteiger partial charge in [0.2, 0.25) is 0 Å². The van der Waals surface area contributed by atoms with Gasteiger partial charge in [0.1, 0.15) is 11.9 Å². The number of allylic oxidation sites excluding steroid dienone is 1. The highest BCUT2D eigenvalue weighted by Crippen LogP contribution is 2.45. The molecule has 0 aromatic heterocycles. The Balaban J connectivity index is 2.45. The summed E-state index contributed by atoms with van der Waals surface area (Å²) in [5.74, 6) is 0.821. The van der Waals surface area contributed by atoms with Crippen molar-refractivity contribution in [1.82, 2.24) is 0 Å². The summed E-state index contributed by atoms with van der Waals surface area (Å²) in [6, 6.07) is 6.04. The number of fused-ring (bicyclic) bond motifs is 1. The molecular formula is C16H22O2. The van der Waals surface area contributed by atoms with E-state index in [1.807, 2.05) is 12.1 Å². The highest BCUT2D eigenvalue weighted by molar-refractivity contribution is 5.78. The predicted octanol–water partition coefficient (Wildman–Crippen LogP) is 4.10. The fourth-order valence-electron chi connectivity index (χ4n) is 2.80. The monoisotopic (exact) mass is 246 g/mol. The Morgan fingerprint density at radius 1 is 1.17 bits per heavy atom. The second kappa shape index (κ2) is 5.57. The fourth-order valence-corrected chi connectivity index (χ4v) is 2.80. The molecule has 1 aromatic rings. The van der Waals surface area contributed by atoms with Gasteiger partial charge in [-0.15, -0.1) is 0 Å². The zero-order valence-corrected chi connectivity index (χ0v) is 11.5. The molecular weight excluding hydrogens is 224 g/mol. The molecule has 0 heterocycles. The van der Waals surface area contributed by atoms with E-state index in [9.17, 15) is 5.11 Å². The topological polar surface area (TPSA) is 29.5 Å². The van der Waals surface area contributed by atoms with Crippen LogP contribution in [0.3, 0.4) is 0 Å². The first-order valence-corrected chi connectivity index (χ1v) is 6.81. The molecule has 0 saturated carbocycles. The maximum absolute atomic E-state index is 10.5. The summed E-state index contributed by atoms with van der Waals surface area (Å²) in [6.45, 7) is 4.34. The molecule has 0 aliphatic heterocycles. The molecule has 0 bridgehead atoms. The van der Waals surface area contributed by atoms with Crippen molar-refractivity contribution in [3.05, 3.63) is 34.9 Å². The van der Waals surface area contributed by atoms with Gasteiger partial charge in [-0.1, -0.05) is 32.8 Å². The SMILES string of the molecule is CCCC1=C(CCC)C(O)c2cc(OC)ccc21. The first kappa shape index (κ1) is 13.2. The largest absolute Gasteiger partial charge is 0.497 e. The van der Waals surface area contributed by atoms with Crippen LogP contribution < -0.4 is 4.74 Å². The molecule has 1 unspecified atom stereocenters. The van der Waals surface area contributed by atoms with Crippen molar-refractivity contribution < 1.29 is 9.84 Å². The zero-order valence-electron chi connectivity index (χ0n) is 11.5. The van der Waals surface area contributed by atoms with Crippen LogP contribution in [0.1, 0.15) is 56.8 Å². The van der Waals surface area contributed by atoms with E-state index in [-0.39, 0.29) is 0 Å². The molecule has 98 valence electrons. The van der Waals surface area contributed by atoms with Gasteiger partial charge in [0.15, 0.2) is 0 Å². The molecule has 0 fully saturated rings. The first-order valence-electron chi connectivity index (χ1n) is 6.81. The van der Waals surface area contributed by atoms with Gasteiger partial charge in [-0.25, -0.2) is 0 Å². The van der Waals surface area contributed by atoms with E-state index in [0.717, 1.165) is 37.0 Å². The molecule has 18 heavy (non-hydrogen) atoms. The Hall–Kier alpha value is -1.28. The van der Waals surface area contributed by atoms with Gasteiger partial charge in [0, 0.05) is 0 Å². The van der Waals surface area contributed by atoms with Crippen LogP contribution in [0.25, 0.3) is 5.57 Å². The molecule has 0 spiro atoms. The van der Waals surface area contributed by atoms with Crippen LogP contribution in [0.2, 0.25) is 0 Å². The second-order valence-corrected chi connectivity index (χ2v) is 4.86. The van der Waals surface area contributed by atoms with Crippen molar-refractivity contribution in [3.8, 4) is 5.75 Å². The van der Waals surface area contributed by atoms with Crippen LogP contribution in [0, 0.1) is 0 Å². The number of methoxy groups -OCH3 is 1. The standard InChI is InChI=1S/C16H22O2/c1-4-6-12-13-9-8-11(18-3)10-15(13)16(17)14(12)7-5-2/h8-10,16-17H,4-7H2,1-3H3. The third-order valence-corrected chi connectivity index (χ3v) is 3.62. The lowest BCUT2D eigenvalue weighted by molar-refractivity contribution is 0.214. The molecule has 2 rings (SSSR count). The molecule has 2 heteroatoms. The number of rotatable bonds is 5. The minimum atomic E-state index is -0.434. The van der Waals surface area contributed by atoms with Crippen molar-refractivity contribution in [3.63, 3.8) is 0 Å². The van der Waals surface area contributed by atoms with E-state index in [4.69, 9.17) is 4.74 Å². The summed E-state index contributed by atoms with van der Waals surface area (Å²) >= 11 is 0. The van der Waals surface area contributed by atoms with Crippen LogP contribution in [0.15, 0.2) is 23.8 Å². The number of benzene rings is 1. The Morgan fingerprint density at radius 2 is 1.89 bits per heavy atom. The molecule has 1 aliphatic carbocycles. The molecule has 1 atom stereocenters. The smallest absolute Gasteiger partial charge is 0.119 e. The third kappa shape index (κ3) is 2.17. The van der Waals surface area contributed by atoms with Gasteiger partial charge < -0.3 is 9.84 Å². The minimum absolute atomic E-state index is 0.434. The Kier molecular flexibility index (Phi) is 4.07. The van der Waals surface area contributed by atoms with Gasteiger partial charge in [0.05, 0.1) is 7.11 Å². The van der Waals surface area contributed by atoms with Crippen LogP contribution in [0.5, 0.6) is 5.75 Å². The molecule has 1 N–H and O–H groups in total. The van der Waals surface area contributed by atoms with Crippen LogP contribution >= 0.6 is 0 Å². The summed E-state index contributed by atoms with van der Waals surface area (Å²) in [7, 11) is 1.66. The van der Waals surface area contributed by atoms with Gasteiger partial charge >= 0.3 is 0 Å². The first-order chi connectivity index (χ1) is 8.72. The Bertz CT molecular complexity index is 460. The summed E-state index contributed by atoms with van der Waals surface area (Å²) in [4.78, 5) is 0. The Morgan fingerprint density at radius 3 is 2.50 bits per heavy atom. The van der Waals surface area contributed by atoms with E-state index < -0.39 is 6.10 Å². The molecule has 0 radical (unpaired) electrons. The summed E-state index contributed by atoms with van der Waals surface area (Å²) in [5.41, 5.74) is 4.79. The third-order valence-electron chi connectivity index (χ3n) is 3.62. The summed E-state index contributed by atoms with van der Waals surface area (Å²) < 4.78 is 5.25. The number of hydrogen-bond donors (Lipinski definition) is 1. The molecule has 2 nitrogen and oxygen atoms in total. The number of aliphatic hydroxyl groups is 1. The van der Waals surface area contributed by atoms with Crippen LogP contribution in [0.4, 0.5) is 0 Å². The van der Waals surface area contributed by atoms with Crippen molar-refractivity contribution in [2.75, 3.05) is 7.11 Å². The average molecular weight is 246 g/mol. The highest BCUT2D eigenvalue weighted by atomic mass is 16.5. The van der Waals surface area contributed by atoms with Crippen LogP contribution in [-0.2, 0) is 0 Å². The van der Waals surface area contributed by atoms with E-state index >= 15 is 0 Å². The van der Waals surface area contributed by atoms with Crippen LogP contribution in [-0.4, -0.2) is 12.2 Å². The van der Waals surface area contributed by atoms with Crippen molar-refractivity contribution >= 4 is 5.57 Å². The number of hydrogen-bond acceptors (Lipinski definition) is 2. The van der Waals surface area contributed by atoms with E-state index in [1.54, 1.807) is 7.11 Å². The van der Waals surface area contributed by atoms with Crippen molar-refractivity contribution in [2.24, 2.45) is 0 Å². The second-order valence-electron chi connectivity index (χ2n) is 4.86. The maximum atomic E-state index is 10.5. The number of ether oxygens (including phenoxy) is 1. The highest BCUT2D eigenvalue weighted by Gasteiger charge is 2.28. The lowest BCUT2D eigenvalue weighted by atomic mass is 9.99. The lowest BCUT2D eigenvalue weighted by Gasteiger charge is -2.10. The summed E-state index contributed by atoms with van der Waals surface area (Å²) in [6.07, 6.45) is 3.78. The van der Waals surface area contributed by atoms with E-state index in [1.165, 1.54) is 16.7 Å². The van der Waals surface area contributed by atoms with Gasteiger partial charge in [-0.3, -0.25) is 0 Å². The number of aliphatic hydroxyl groups excluding tert-OH is 1. The van der Waals surface area contributed by atoms with Crippen molar-refractivity contribution in [1.29, 1.82) is 0 Å². The Labute approximate surface area is 109 Å². The van der Waals surface area contributed by atoms with Gasteiger partial charge in [-0.05, 0) is 47.2 Å². The van der Waals surface area contributed by atoms with Gasteiger partial charge in [-0.2, -0.15) is 0 Å². The fraction of sp³-hybridized carbons (Fsp3) is 0.500. The normalized spacial score (nSPS) is 18.1. The predicted molar refractivity (Wildman–Crippen MR) is 74.7 cm³/mol. The average Bonchev–Trinajstić information content (AvgIpc) is 2.65. The molecule has 0 amide bonds. The summed E-state index contributed by atoms with van der Waals surface area (Å²) in [5, 5.41) is 10.5. The maximum Gasteiger partial charge on any atom is 0.119 e. The van der Waals surface area contributed by atoms with E-state index in [2.05, 4.69) is 19.9 Å². The molecule has 0 saturated heterocycles. The minimum Gasteiger partial charge on any atom is -0.497 e. The van der Waals surface area contributed by atoms with Crippen molar-refractivity contribution in [2.45, 2.75) is 45.6 Å². The molecule has 1 aromatic carbocycles. The quantitative estimate of drug-likeness (QED) is 0.847. The van der Waals surface area contributed by atoms with E-state index in [0.29, 0.717) is 0 Å².